The van der Waals surface area contributed by atoms with E-state index in [1.165, 1.54) is 12.8 Å². The average molecular weight is 265 g/mol. The molecule has 1 saturated carbocycles. The Labute approximate surface area is 112 Å². The fourth-order valence-electron chi connectivity index (χ4n) is 2.50. The van der Waals surface area contributed by atoms with E-state index in [1.54, 1.807) is 0 Å². The Balaban J connectivity index is 1.80. The molecule has 1 aromatic rings. The number of hydrogen-bond acceptors (Lipinski definition) is 2. The van der Waals surface area contributed by atoms with Crippen LogP contribution in [-0.2, 0) is 4.79 Å². The van der Waals surface area contributed by atoms with Gasteiger partial charge >= 0.3 is 0 Å². The monoisotopic (exact) mass is 264 g/mol. The lowest BCUT2D eigenvalue weighted by molar-refractivity contribution is -0.118. The summed E-state index contributed by atoms with van der Waals surface area (Å²) in [5.74, 6) is 0.187. The van der Waals surface area contributed by atoms with E-state index in [1.807, 2.05) is 30.0 Å². The number of nitrogens with zero attached hydrogens (tertiary/aromatic N) is 1. The Kier molecular flexibility index (Phi) is 3.04. The molecule has 2 aliphatic rings. The van der Waals surface area contributed by atoms with Crippen LogP contribution in [0.15, 0.2) is 18.2 Å². The summed E-state index contributed by atoms with van der Waals surface area (Å²) < 4.78 is 0. The molecule has 0 spiro atoms. The maximum absolute atomic E-state index is 12.4. The van der Waals surface area contributed by atoms with Crippen LogP contribution in [0.25, 0.3) is 0 Å². The van der Waals surface area contributed by atoms with Crippen LogP contribution < -0.4 is 10.2 Å². The topological polar surface area (TPSA) is 32.3 Å². The maximum Gasteiger partial charge on any atom is 0.244 e. The van der Waals surface area contributed by atoms with Crippen molar-refractivity contribution >= 4 is 23.2 Å². The van der Waals surface area contributed by atoms with E-state index in [0.29, 0.717) is 6.04 Å². The summed E-state index contributed by atoms with van der Waals surface area (Å²) in [6, 6.07) is 6.30. The van der Waals surface area contributed by atoms with E-state index >= 15 is 0 Å². The first kappa shape index (κ1) is 12.0. The second kappa shape index (κ2) is 4.56. The van der Waals surface area contributed by atoms with Crippen molar-refractivity contribution < 1.29 is 4.79 Å². The largest absolute Gasteiger partial charge is 0.311 e. The molecule has 1 saturated heterocycles. The molecular formula is C14H17ClN2O. The van der Waals surface area contributed by atoms with Crippen molar-refractivity contribution in [3.63, 3.8) is 0 Å². The first-order chi connectivity index (χ1) is 8.66. The van der Waals surface area contributed by atoms with Crippen LogP contribution in [0.1, 0.15) is 24.8 Å². The minimum absolute atomic E-state index is 0.00381. The van der Waals surface area contributed by atoms with Crippen LogP contribution in [0, 0.1) is 6.92 Å². The normalized spacial score (nSPS) is 23.8. The van der Waals surface area contributed by atoms with Crippen LogP contribution in [0.4, 0.5) is 5.69 Å². The van der Waals surface area contributed by atoms with Gasteiger partial charge in [0.25, 0.3) is 0 Å². The molecule has 1 aromatic carbocycles. The third-order valence-electron chi connectivity index (χ3n) is 3.75. The fraction of sp³-hybridized carbons (Fsp3) is 0.500. The highest BCUT2D eigenvalue weighted by molar-refractivity contribution is 6.31. The van der Waals surface area contributed by atoms with Gasteiger partial charge in [-0.15, -0.1) is 0 Å². The molecule has 1 unspecified atom stereocenters. The highest BCUT2D eigenvalue weighted by Gasteiger charge is 2.36. The van der Waals surface area contributed by atoms with Gasteiger partial charge in [0, 0.05) is 23.3 Å². The molecule has 4 heteroatoms. The number of halogens is 1. The Morgan fingerprint density at radius 3 is 2.83 bits per heavy atom. The smallest absolute Gasteiger partial charge is 0.244 e. The molecule has 1 N–H and O–H groups in total. The van der Waals surface area contributed by atoms with Crippen molar-refractivity contribution in [2.45, 2.75) is 38.3 Å². The molecule has 1 aliphatic carbocycles. The molecule has 96 valence electrons. The predicted molar refractivity (Wildman–Crippen MR) is 73.1 cm³/mol. The zero-order valence-corrected chi connectivity index (χ0v) is 11.2. The summed E-state index contributed by atoms with van der Waals surface area (Å²) in [6.07, 6.45) is 3.31. The number of amides is 1. The summed E-state index contributed by atoms with van der Waals surface area (Å²) in [5.41, 5.74) is 1.94. The van der Waals surface area contributed by atoms with Crippen molar-refractivity contribution in [3.05, 3.63) is 28.8 Å². The first-order valence-electron chi connectivity index (χ1n) is 6.49. The highest BCUT2D eigenvalue weighted by atomic mass is 35.5. The minimum atomic E-state index is -0.00381. The van der Waals surface area contributed by atoms with E-state index in [9.17, 15) is 4.79 Å². The van der Waals surface area contributed by atoms with Gasteiger partial charge in [-0.05, 0) is 43.9 Å². The van der Waals surface area contributed by atoms with Gasteiger partial charge in [-0.1, -0.05) is 17.7 Å². The maximum atomic E-state index is 12.4. The van der Waals surface area contributed by atoms with Gasteiger partial charge in [0.1, 0.15) is 0 Å². The molecule has 0 aromatic heterocycles. The van der Waals surface area contributed by atoms with E-state index in [-0.39, 0.29) is 11.9 Å². The lowest BCUT2D eigenvalue weighted by Gasteiger charge is -2.20. The van der Waals surface area contributed by atoms with Gasteiger partial charge in [0.15, 0.2) is 0 Å². The summed E-state index contributed by atoms with van der Waals surface area (Å²) in [6.45, 7) is 2.75. The first-order valence-corrected chi connectivity index (χ1v) is 6.87. The lowest BCUT2D eigenvalue weighted by Crippen LogP contribution is -2.39. The number of rotatable bonds is 3. The summed E-state index contributed by atoms with van der Waals surface area (Å²) in [5, 5.41) is 4.13. The Morgan fingerprint density at radius 1 is 1.33 bits per heavy atom. The zero-order chi connectivity index (χ0) is 12.7. The number of hydrogen-bond donors (Lipinski definition) is 1. The number of nitrogens with one attached hydrogen (secondary N) is 1. The molecule has 0 bridgehead atoms. The standard InChI is InChI=1S/C14H17ClN2O/c1-9-11(15)3-2-4-13(9)17-8-7-12(14(17)18)16-10-5-6-10/h2-4,10,12,16H,5-8H2,1H3. The van der Waals surface area contributed by atoms with Crippen LogP contribution in [0.2, 0.25) is 5.02 Å². The fourth-order valence-corrected chi connectivity index (χ4v) is 2.67. The molecule has 1 amide bonds. The van der Waals surface area contributed by atoms with Crippen molar-refractivity contribution in [2.75, 3.05) is 11.4 Å². The third kappa shape index (κ3) is 2.13. The van der Waals surface area contributed by atoms with Gasteiger partial charge in [0.05, 0.1) is 6.04 Å². The summed E-state index contributed by atoms with van der Waals surface area (Å²) in [4.78, 5) is 14.2. The predicted octanol–water partition coefficient (Wildman–Crippen LogP) is 2.51. The van der Waals surface area contributed by atoms with E-state index in [4.69, 9.17) is 11.6 Å². The third-order valence-corrected chi connectivity index (χ3v) is 4.16. The Bertz CT molecular complexity index is 485. The summed E-state index contributed by atoms with van der Waals surface area (Å²) >= 11 is 6.12. The molecule has 3 nitrogen and oxygen atoms in total. The van der Waals surface area contributed by atoms with Crippen molar-refractivity contribution in [1.29, 1.82) is 0 Å². The van der Waals surface area contributed by atoms with Gasteiger partial charge in [-0.25, -0.2) is 0 Å². The highest BCUT2D eigenvalue weighted by Crippen LogP contribution is 2.30. The molecule has 1 aliphatic heterocycles. The average Bonchev–Trinajstić information content (AvgIpc) is 3.09. The van der Waals surface area contributed by atoms with Crippen molar-refractivity contribution in [3.8, 4) is 0 Å². The van der Waals surface area contributed by atoms with Crippen LogP contribution in [0.3, 0.4) is 0 Å². The second-order valence-electron chi connectivity index (χ2n) is 5.16. The lowest BCUT2D eigenvalue weighted by atomic mass is 10.2. The van der Waals surface area contributed by atoms with E-state index in [2.05, 4.69) is 5.32 Å². The van der Waals surface area contributed by atoms with E-state index in [0.717, 1.165) is 29.2 Å². The summed E-state index contributed by atoms with van der Waals surface area (Å²) in [7, 11) is 0. The van der Waals surface area contributed by atoms with Crippen LogP contribution in [0.5, 0.6) is 0 Å². The molecule has 18 heavy (non-hydrogen) atoms. The van der Waals surface area contributed by atoms with Crippen molar-refractivity contribution in [2.24, 2.45) is 0 Å². The minimum Gasteiger partial charge on any atom is -0.311 e. The number of anilines is 1. The quantitative estimate of drug-likeness (QED) is 0.910. The SMILES string of the molecule is Cc1c(Cl)cccc1N1CCC(NC2CC2)C1=O. The van der Waals surface area contributed by atoms with Gasteiger partial charge in [-0.2, -0.15) is 0 Å². The molecule has 3 rings (SSSR count). The Hall–Kier alpha value is -1.06. The molecular weight excluding hydrogens is 248 g/mol. The second-order valence-corrected chi connectivity index (χ2v) is 5.56. The molecule has 0 radical (unpaired) electrons. The number of carbonyl (C=O) groups is 1. The number of benzene rings is 1. The zero-order valence-electron chi connectivity index (χ0n) is 10.4. The van der Waals surface area contributed by atoms with Gasteiger partial charge in [-0.3, -0.25) is 4.79 Å². The van der Waals surface area contributed by atoms with Crippen LogP contribution in [-0.4, -0.2) is 24.5 Å². The Morgan fingerprint density at radius 2 is 2.11 bits per heavy atom. The van der Waals surface area contributed by atoms with Crippen LogP contribution >= 0.6 is 11.6 Å². The van der Waals surface area contributed by atoms with Crippen molar-refractivity contribution in [1.82, 2.24) is 5.32 Å². The molecule has 1 heterocycles. The molecule has 1 atom stereocenters. The van der Waals surface area contributed by atoms with Gasteiger partial charge in [0.2, 0.25) is 5.91 Å². The van der Waals surface area contributed by atoms with Gasteiger partial charge < -0.3 is 10.2 Å². The van der Waals surface area contributed by atoms with E-state index < -0.39 is 0 Å². The number of carbonyl (C=O) groups excluding carboxylic acids is 1. The molecule has 2 fully saturated rings.